The molecule has 0 amide bonds. The Bertz CT molecular complexity index is 740. The van der Waals surface area contributed by atoms with Crippen LogP contribution in [0.15, 0.2) is 12.1 Å². The van der Waals surface area contributed by atoms with E-state index in [1.54, 1.807) is 6.07 Å². The predicted molar refractivity (Wildman–Crippen MR) is 85.0 cm³/mol. The smallest absolute Gasteiger partial charge is 0.341 e. The Labute approximate surface area is 142 Å². The third-order valence-corrected chi connectivity index (χ3v) is 5.28. The van der Waals surface area contributed by atoms with Crippen molar-refractivity contribution in [3.05, 3.63) is 33.3 Å². The van der Waals surface area contributed by atoms with Gasteiger partial charge in [-0.3, -0.25) is 4.79 Å². The minimum atomic E-state index is -1.12. The number of carbonyl (C=O) groups excluding carboxylic acids is 1. The summed E-state index contributed by atoms with van der Waals surface area (Å²) in [6.07, 6.45) is 2.97. The Morgan fingerprint density at radius 2 is 2.09 bits per heavy atom. The molecule has 0 bridgehead atoms. The van der Waals surface area contributed by atoms with E-state index in [9.17, 15) is 14.7 Å². The molecule has 23 heavy (non-hydrogen) atoms. The maximum absolute atomic E-state index is 11.8. The highest BCUT2D eigenvalue weighted by Gasteiger charge is 2.45. The normalized spacial score (nSPS) is 22.4. The lowest BCUT2D eigenvalue weighted by atomic mass is 9.73. The first kappa shape index (κ1) is 16.3. The third kappa shape index (κ3) is 2.63. The number of ether oxygens (including phenoxy) is 1. The summed E-state index contributed by atoms with van der Waals surface area (Å²) in [6.45, 7) is -0.624. The molecule has 1 atom stereocenters. The number of carboxylic acid groups (broad SMARTS) is 1. The topological polar surface area (TPSA) is 83.8 Å². The number of hydrogen-bond acceptors (Lipinski definition) is 4. The molecule has 2 aliphatic carbocycles. The fourth-order valence-electron chi connectivity index (χ4n) is 3.32. The Hall–Kier alpha value is -1.56. The molecular weight excluding hydrogens is 343 g/mol. The van der Waals surface area contributed by atoms with Crippen LogP contribution >= 0.6 is 23.2 Å². The summed E-state index contributed by atoms with van der Waals surface area (Å²) in [5, 5.41) is 18.9. The molecular formula is C16H14Cl2O5. The van der Waals surface area contributed by atoms with Crippen molar-refractivity contribution in [1.82, 2.24) is 0 Å². The fourth-order valence-corrected chi connectivity index (χ4v) is 3.84. The second-order valence-electron chi connectivity index (χ2n) is 5.86. The highest BCUT2D eigenvalue weighted by atomic mass is 35.5. The second-order valence-corrected chi connectivity index (χ2v) is 6.61. The van der Waals surface area contributed by atoms with Gasteiger partial charge in [0.2, 0.25) is 0 Å². The zero-order valence-electron chi connectivity index (χ0n) is 12.1. The number of allylic oxidation sites excluding steroid dienone is 1. The van der Waals surface area contributed by atoms with Gasteiger partial charge in [0, 0.05) is 17.4 Å². The van der Waals surface area contributed by atoms with Gasteiger partial charge in [0.15, 0.2) is 12.4 Å². The van der Waals surface area contributed by atoms with Crippen molar-refractivity contribution < 1.29 is 24.5 Å². The van der Waals surface area contributed by atoms with E-state index in [0.29, 0.717) is 30.4 Å². The van der Waals surface area contributed by atoms with Gasteiger partial charge in [0.25, 0.3) is 0 Å². The summed E-state index contributed by atoms with van der Waals surface area (Å²) in [6, 6.07) is 1.65. The van der Waals surface area contributed by atoms with E-state index in [1.165, 1.54) is 6.08 Å². The van der Waals surface area contributed by atoms with E-state index in [1.807, 2.05) is 0 Å². The lowest BCUT2D eigenvalue weighted by Gasteiger charge is -2.31. The van der Waals surface area contributed by atoms with Crippen LogP contribution in [0.4, 0.5) is 0 Å². The van der Waals surface area contributed by atoms with Gasteiger partial charge in [0.1, 0.15) is 10.8 Å². The predicted octanol–water partition coefficient (Wildman–Crippen LogP) is 2.74. The molecule has 0 heterocycles. The molecule has 7 heteroatoms. The zero-order valence-corrected chi connectivity index (χ0v) is 13.6. The van der Waals surface area contributed by atoms with Gasteiger partial charge in [-0.1, -0.05) is 23.2 Å². The van der Waals surface area contributed by atoms with Crippen molar-refractivity contribution in [3.8, 4) is 5.75 Å². The first-order valence-electron chi connectivity index (χ1n) is 7.09. The maximum atomic E-state index is 11.8. The number of carbonyl (C=O) groups is 2. The SMILES string of the molecule is O=C(O)COc1cc2c(c(Cl)c1Cl)C1=CC(=O)CCC1(CO)C2. The number of aliphatic carboxylic acids is 1. The second kappa shape index (κ2) is 5.82. The lowest BCUT2D eigenvalue weighted by Crippen LogP contribution is -2.29. The molecule has 2 aliphatic rings. The molecule has 1 aromatic rings. The molecule has 0 aliphatic heterocycles. The molecule has 2 N–H and O–H groups in total. The summed E-state index contributed by atoms with van der Waals surface area (Å²) in [5.41, 5.74) is 1.63. The minimum absolute atomic E-state index is 0.00434. The number of aliphatic hydroxyl groups is 1. The summed E-state index contributed by atoms with van der Waals surface area (Å²) >= 11 is 12.5. The molecule has 5 nitrogen and oxygen atoms in total. The lowest BCUT2D eigenvalue weighted by molar-refractivity contribution is -0.139. The molecule has 0 aromatic heterocycles. The Morgan fingerprint density at radius 1 is 1.35 bits per heavy atom. The highest BCUT2D eigenvalue weighted by molar-refractivity contribution is 6.44. The number of ketones is 1. The molecule has 0 spiro atoms. The first-order chi connectivity index (χ1) is 10.9. The van der Waals surface area contributed by atoms with Crippen molar-refractivity contribution in [2.75, 3.05) is 13.2 Å². The molecule has 0 saturated heterocycles. The van der Waals surface area contributed by atoms with Crippen LogP contribution in [0.25, 0.3) is 5.57 Å². The fraction of sp³-hybridized carbons (Fsp3) is 0.375. The molecule has 1 aromatic carbocycles. The molecule has 0 saturated carbocycles. The van der Waals surface area contributed by atoms with E-state index in [0.717, 1.165) is 5.56 Å². The van der Waals surface area contributed by atoms with Crippen LogP contribution < -0.4 is 4.74 Å². The van der Waals surface area contributed by atoms with Crippen molar-refractivity contribution >= 4 is 40.5 Å². The van der Waals surface area contributed by atoms with Crippen molar-refractivity contribution in [3.63, 3.8) is 0 Å². The first-order valence-corrected chi connectivity index (χ1v) is 7.85. The largest absolute Gasteiger partial charge is 0.480 e. The maximum Gasteiger partial charge on any atom is 0.341 e. The molecule has 1 unspecified atom stereocenters. The summed E-state index contributed by atoms with van der Waals surface area (Å²) < 4.78 is 5.18. The van der Waals surface area contributed by atoms with E-state index >= 15 is 0 Å². The van der Waals surface area contributed by atoms with Crippen molar-refractivity contribution in [2.24, 2.45) is 5.41 Å². The average molecular weight is 357 g/mol. The standard InChI is InChI=1S/C16H14Cl2O5/c17-14-11(23-6-12(21)22)3-8-5-16(7-19)2-1-9(20)4-10(16)13(8)15(14)18/h3-4,19H,1-2,5-7H2,(H,21,22). The average Bonchev–Trinajstić information content (AvgIpc) is 2.83. The number of halogens is 2. The third-order valence-electron chi connectivity index (χ3n) is 4.43. The van der Waals surface area contributed by atoms with Crippen LogP contribution in [0.3, 0.4) is 0 Å². The zero-order chi connectivity index (χ0) is 16.8. The number of rotatable bonds is 4. The van der Waals surface area contributed by atoms with Crippen LogP contribution in [0.1, 0.15) is 24.0 Å². The summed E-state index contributed by atoms with van der Waals surface area (Å²) in [4.78, 5) is 22.5. The van der Waals surface area contributed by atoms with E-state index in [-0.39, 0.29) is 28.2 Å². The number of hydrogen-bond donors (Lipinski definition) is 2. The van der Waals surface area contributed by atoms with Crippen LogP contribution in [0.2, 0.25) is 10.0 Å². The van der Waals surface area contributed by atoms with Crippen LogP contribution in [0.5, 0.6) is 5.75 Å². The molecule has 0 radical (unpaired) electrons. The van der Waals surface area contributed by atoms with Gasteiger partial charge in [-0.15, -0.1) is 0 Å². The Balaban J connectivity index is 2.11. The van der Waals surface area contributed by atoms with Gasteiger partial charge < -0.3 is 14.9 Å². The van der Waals surface area contributed by atoms with Gasteiger partial charge in [-0.2, -0.15) is 0 Å². The highest BCUT2D eigenvalue weighted by Crippen LogP contribution is 2.55. The molecule has 122 valence electrons. The van der Waals surface area contributed by atoms with Crippen LogP contribution in [-0.2, 0) is 16.0 Å². The Kier molecular flexibility index (Phi) is 4.12. The van der Waals surface area contributed by atoms with E-state index in [2.05, 4.69) is 0 Å². The number of benzene rings is 1. The van der Waals surface area contributed by atoms with Crippen LogP contribution in [-0.4, -0.2) is 35.2 Å². The Morgan fingerprint density at radius 3 is 2.74 bits per heavy atom. The number of fused-ring (bicyclic) bond motifs is 3. The number of carboxylic acids is 1. The van der Waals surface area contributed by atoms with E-state index < -0.39 is 18.0 Å². The summed E-state index contributed by atoms with van der Waals surface area (Å²) in [7, 11) is 0. The molecule has 3 rings (SSSR count). The van der Waals surface area contributed by atoms with Gasteiger partial charge in [0.05, 0.1) is 11.6 Å². The summed E-state index contributed by atoms with van der Waals surface area (Å²) in [5.74, 6) is -0.932. The van der Waals surface area contributed by atoms with Gasteiger partial charge in [-0.05, 0) is 36.1 Å². The quantitative estimate of drug-likeness (QED) is 0.866. The number of aliphatic hydroxyl groups excluding tert-OH is 1. The monoisotopic (exact) mass is 356 g/mol. The van der Waals surface area contributed by atoms with Gasteiger partial charge >= 0.3 is 5.97 Å². The van der Waals surface area contributed by atoms with Crippen molar-refractivity contribution in [1.29, 1.82) is 0 Å². The molecule has 0 fully saturated rings. The van der Waals surface area contributed by atoms with E-state index in [4.69, 9.17) is 33.0 Å². The minimum Gasteiger partial charge on any atom is -0.480 e. The van der Waals surface area contributed by atoms with Crippen molar-refractivity contribution in [2.45, 2.75) is 19.3 Å². The van der Waals surface area contributed by atoms with Gasteiger partial charge in [-0.25, -0.2) is 4.79 Å². The van der Waals surface area contributed by atoms with Crippen LogP contribution in [0, 0.1) is 5.41 Å².